The average Bonchev–Trinajstić information content (AvgIpc) is 2.46. The second-order valence-electron chi connectivity index (χ2n) is 4.68. The maximum atomic E-state index is 12.6. The Labute approximate surface area is 131 Å². The number of alkyl halides is 3. The van der Waals surface area contributed by atoms with Crippen molar-refractivity contribution in [3.05, 3.63) is 58.7 Å². The summed E-state index contributed by atoms with van der Waals surface area (Å²) in [6.07, 6.45) is -3.63. The van der Waals surface area contributed by atoms with Crippen LogP contribution in [0.25, 0.3) is 0 Å². The summed E-state index contributed by atoms with van der Waals surface area (Å²) in [6, 6.07) is 9.40. The van der Waals surface area contributed by atoms with E-state index in [1.807, 2.05) is 6.07 Å². The molecule has 0 aliphatic rings. The van der Waals surface area contributed by atoms with Crippen molar-refractivity contribution in [1.29, 1.82) is 0 Å². The number of halogens is 4. The lowest BCUT2D eigenvalue weighted by Gasteiger charge is -2.23. The van der Waals surface area contributed by atoms with Gasteiger partial charge >= 0.3 is 6.18 Å². The Kier molecular flexibility index (Phi) is 5.26. The van der Waals surface area contributed by atoms with E-state index in [9.17, 15) is 13.2 Å². The SMILES string of the molecule is OCCN(Cc1cccc(Cl)c1)c1ccc(C(F)(F)F)cn1. The van der Waals surface area contributed by atoms with E-state index in [-0.39, 0.29) is 13.2 Å². The lowest BCUT2D eigenvalue weighted by molar-refractivity contribution is -0.137. The Morgan fingerprint density at radius 2 is 1.95 bits per heavy atom. The van der Waals surface area contributed by atoms with Crippen molar-refractivity contribution in [3.8, 4) is 0 Å². The van der Waals surface area contributed by atoms with Crippen LogP contribution in [0.1, 0.15) is 11.1 Å². The Balaban J connectivity index is 2.20. The number of anilines is 1. The number of aliphatic hydroxyl groups excluding tert-OH is 1. The highest BCUT2D eigenvalue weighted by Crippen LogP contribution is 2.29. The van der Waals surface area contributed by atoms with Gasteiger partial charge in [0.2, 0.25) is 0 Å². The molecule has 3 nitrogen and oxygen atoms in total. The highest BCUT2D eigenvalue weighted by atomic mass is 35.5. The highest BCUT2D eigenvalue weighted by Gasteiger charge is 2.30. The van der Waals surface area contributed by atoms with Gasteiger partial charge in [0.15, 0.2) is 0 Å². The third-order valence-corrected chi connectivity index (χ3v) is 3.27. The van der Waals surface area contributed by atoms with Crippen LogP contribution in [-0.4, -0.2) is 23.2 Å². The first-order valence-corrected chi connectivity index (χ1v) is 6.91. The Bertz CT molecular complexity index is 617. The second kappa shape index (κ2) is 6.98. The fourth-order valence-corrected chi connectivity index (χ4v) is 2.20. The van der Waals surface area contributed by atoms with Crippen LogP contribution in [0.4, 0.5) is 19.0 Å². The van der Waals surface area contributed by atoms with E-state index in [1.54, 1.807) is 23.1 Å². The molecule has 1 aromatic carbocycles. The Hall–Kier alpha value is -1.79. The molecule has 0 radical (unpaired) electrons. The van der Waals surface area contributed by atoms with Gasteiger partial charge in [-0.3, -0.25) is 0 Å². The summed E-state index contributed by atoms with van der Waals surface area (Å²) in [7, 11) is 0. The van der Waals surface area contributed by atoms with Gasteiger partial charge < -0.3 is 10.0 Å². The quantitative estimate of drug-likeness (QED) is 0.907. The molecule has 2 rings (SSSR count). The van der Waals surface area contributed by atoms with Crippen LogP contribution in [0.5, 0.6) is 0 Å². The Morgan fingerprint density at radius 1 is 1.18 bits per heavy atom. The minimum Gasteiger partial charge on any atom is -0.395 e. The molecule has 22 heavy (non-hydrogen) atoms. The molecule has 0 atom stereocenters. The number of hydrogen-bond acceptors (Lipinski definition) is 3. The summed E-state index contributed by atoms with van der Waals surface area (Å²) in [5.41, 5.74) is 0.0746. The lowest BCUT2D eigenvalue weighted by Crippen LogP contribution is -2.27. The minimum atomic E-state index is -4.42. The molecule has 0 saturated carbocycles. The van der Waals surface area contributed by atoms with Gasteiger partial charge in [0, 0.05) is 24.3 Å². The monoisotopic (exact) mass is 330 g/mol. The van der Waals surface area contributed by atoms with Gasteiger partial charge in [-0.1, -0.05) is 23.7 Å². The van der Waals surface area contributed by atoms with E-state index >= 15 is 0 Å². The molecule has 0 bridgehead atoms. The van der Waals surface area contributed by atoms with Gasteiger partial charge in [-0.05, 0) is 29.8 Å². The van der Waals surface area contributed by atoms with Gasteiger partial charge in [0.25, 0.3) is 0 Å². The highest BCUT2D eigenvalue weighted by molar-refractivity contribution is 6.30. The molecule has 0 saturated heterocycles. The summed E-state index contributed by atoms with van der Waals surface area (Å²) in [4.78, 5) is 5.53. The van der Waals surface area contributed by atoms with Crippen molar-refractivity contribution in [3.63, 3.8) is 0 Å². The maximum absolute atomic E-state index is 12.6. The zero-order valence-electron chi connectivity index (χ0n) is 11.5. The van der Waals surface area contributed by atoms with Gasteiger partial charge in [0.1, 0.15) is 5.82 Å². The number of aliphatic hydroxyl groups is 1. The van der Waals surface area contributed by atoms with Crippen molar-refractivity contribution < 1.29 is 18.3 Å². The summed E-state index contributed by atoms with van der Waals surface area (Å²) in [5.74, 6) is 0.363. The number of aromatic nitrogens is 1. The first-order valence-electron chi connectivity index (χ1n) is 6.53. The third-order valence-electron chi connectivity index (χ3n) is 3.03. The van der Waals surface area contributed by atoms with Crippen LogP contribution >= 0.6 is 11.6 Å². The van der Waals surface area contributed by atoms with Gasteiger partial charge in [-0.15, -0.1) is 0 Å². The Morgan fingerprint density at radius 3 is 2.50 bits per heavy atom. The molecule has 1 N–H and O–H groups in total. The summed E-state index contributed by atoms with van der Waals surface area (Å²) in [5, 5.41) is 9.71. The molecule has 0 unspecified atom stereocenters. The van der Waals surface area contributed by atoms with E-state index in [0.29, 0.717) is 17.4 Å². The van der Waals surface area contributed by atoms with Crippen LogP contribution in [0.15, 0.2) is 42.6 Å². The van der Waals surface area contributed by atoms with Crippen LogP contribution in [0, 0.1) is 0 Å². The van der Waals surface area contributed by atoms with E-state index < -0.39 is 11.7 Å². The summed E-state index contributed by atoms with van der Waals surface area (Å²) in [6.45, 7) is 0.508. The molecule has 118 valence electrons. The molecule has 0 aliphatic carbocycles. The van der Waals surface area contributed by atoms with Crippen molar-refractivity contribution in [2.75, 3.05) is 18.1 Å². The van der Waals surface area contributed by atoms with Gasteiger partial charge in [-0.2, -0.15) is 13.2 Å². The predicted octanol–water partition coefficient (Wildman–Crippen LogP) is 3.75. The number of pyridine rings is 1. The maximum Gasteiger partial charge on any atom is 0.417 e. The number of benzene rings is 1. The first-order chi connectivity index (χ1) is 10.4. The fourth-order valence-electron chi connectivity index (χ4n) is 1.99. The van der Waals surface area contributed by atoms with Crippen molar-refractivity contribution in [2.24, 2.45) is 0 Å². The summed E-state index contributed by atoms with van der Waals surface area (Å²) < 4.78 is 37.7. The average molecular weight is 331 g/mol. The normalized spacial score (nSPS) is 11.5. The molecule has 1 aromatic heterocycles. The van der Waals surface area contributed by atoms with Crippen LogP contribution in [-0.2, 0) is 12.7 Å². The fraction of sp³-hybridized carbons (Fsp3) is 0.267. The van der Waals surface area contributed by atoms with Crippen LogP contribution in [0.2, 0.25) is 5.02 Å². The lowest BCUT2D eigenvalue weighted by atomic mass is 10.2. The molecule has 1 heterocycles. The molecular formula is C15H14ClF3N2O. The molecule has 0 spiro atoms. The van der Waals surface area contributed by atoms with E-state index in [0.717, 1.165) is 17.8 Å². The van der Waals surface area contributed by atoms with E-state index in [4.69, 9.17) is 16.7 Å². The number of nitrogens with zero attached hydrogens (tertiary/aromatic N) is 2. The van der Waals surface area contributed by atoms with E-state index in [1.165, 1.54) is 6.07 Å². The van der Waals surface area contributed by atoms with Crippen molar-refractivity contribution in [1.82, 2.24) is 4.98 Å². The largest absolute Gasteiger partial charge is 0.417 e. The molecular weight excluding hydrogens is 317 g/mol. The van der Waals surface area contributed by atoms with Gasteiger partial charge in [-0.25, -0.2) is 4.98 Å². The van der Waals surface area contributed by atoms with Gasteiger partial charge in [0.05, 0.1) is 12.2 Å². The molecule has 2 aromatic rings. The number of rotatable bonds is 5. The molecule has 7 heteroatoms. The molecule has 0 aliphatic heterocycles. The summed E-state index contributed by atoms with van der Waals surface area (Å²) >= 11 is 5.91. The topological polar surface area (TPSA) is 36.4 Å². The minimum absolute atomic E-state index is 0.136. The zero-order chi connectivity index (χ0) is 16.2. The predicted molar refractivity (Wildman–Crippen MR) is 78.8 cm³/mol. The number of hydrogen-bond donors (Lipinski definition) is 1. The van der Waals surface area contributed by atoms with E-state index in [2.05, 4.69) is 4.98 Å². The second-order valence-corrected chi connectivity index (χ2v) is 5.11. The smallest absolute Gasteiger partial charge is 0.395 e. The standard InChI is InChI=1S/C15H14ClF3N2O/c16-13-3-1-2-11(8-13)10-21(6-7-22)14-5-4-12(9-20-14)15(17,18)19/h1-5,8-9,22H,6-7,10H2. The molecule has 0 amide bonds. The van der Waals surface area contributed by atoms with Crippen molar-refractivity contribution >= 4 is 17.4 Å². The van der Waals surface area contributed by atoms with Crippen molar-refractivity contribution in [2.45, 2.75) is 12.7 Å². The molecule has 0 fully saturated rings. The first kappa shape index (κ1) is 16.6. The zero-order valence-corrected chi connectivity index (χ0v) is 12.3. The third kappa shape index (κ3) is 4.35. The van der Waals surface area contributed by atoms with Crippen LogP contribution in [0.3, 0.4) is 0 Å². The van der Waals surface area contributed by atoms with Crippen LogP contribution < -0.4 is 4.90 Å².